The number of esters is 1. The van der Waals surface area contributed by atoms with E-state index >= 15 is 0 Å². The normalized spacial score (nSPS) is 11.6. The third-order valence-corrected chi connectivity index (χ3v) is 6.16. The number of benzene rings is 2. The van der Waals surface area contributed by atoms with Crippen LogP contribution in [0, 0.1) is 13.8 Å². The summed E-state index contributed by atoms with van der Waals surface area (Å²) in [5.41, 5.74) is 5.30. The van der Waals surface area contributed by atoms with Crippen molar-refractivity contribution in [3.63, 3.8) is 0 Å². The van der Waals surface area contributed by atoms with Crippen LogP contribution in [0.1, 0.15) is 50.5 Å². The zero-order chi connectivity index (χ0) is 21.7. The molecule has 30 heavy (non-hydrogen) atoms. The van der Waals surface area contributed by atoms with Crippen LogP contribution < -0.4 is 10.6 Å². The number of aryl methyl sites for hydroxylation is 2. The second-order valence-corrected chi connectivity index (χ2v) is 8.83. The minimum atomic E-state index is -0.376. The molecule has 3 rings (SSSR count). The Bertz CT molecular complexity index is 1040. The minimum absolute atomic E-state index is 0.0372. The molecule has 4 nitrogen and oxygen atoms in total. The first-order chi connectivity index (χ1) is 14.4. The first-order valence-electron chi connectivity index (χ1n) is 9.77. The molecule has 0 aliphatic carbocycles. The Morgan fingerprint density at radius 2 is 1.87 bits per heavy atom. The van der Waals surface area contributed by atoms with E-state index in [4.69, 9.17) is 17.0 Å². The Morgan fingerprint density at radius 1 is 1.13 bits per heavy atom. The van der Waals surface area contributed by atoms with Crippen molar-refractivity contribution in [1.29, 1.82) is 0 Å². The lowest BCUT2D eigenvalue weighted by Gasteiger charge is -2.19. The molecule has 0 saturated carbocycles. The summed E-state index contributed by atoms with van der Waals surface area (Å²) in [4.78, 5) is 13.4. The van der Waals surface area contributed by atoms with Gasteiger partial charge >= 0.3 is 5.97 Å². The summed E-state index contributed by atoms with van der Waals surface area (Å²) in [7, 11) is 1.39. The zero-order valence-electron chi connectivity index (χ0n) is 17.6. The molecule has 3 aromatic rings. The molecule has 0 fully saturated rings. The van der Waals surface area contributed by atoms with Crippen LogP contribution in [0.15, 0.2) is 54.6 Å². The number of carbonyl (C=O) groups is 1. The monoisotopic (exact) mass is 438 g/mol. The van der Waals surface area contributed by atoms with Crippen LogP contribution in [0.25, 0.3) is 0 Å². The van der Waals surface area contributed by atoms with Crippen LogP contribution in [0.4, 0.5) is 5.00 Å². The smallest absolute Gasteiger partial charge is 0.340 e. The molecule has 0 aliphatic heterocycles. The van der Waals surface area contributed by atoms with Crippen molar-refractivity contribution in [3.8, 4) is 0 Å². The van der Waals surface area contributed by atoms with Gasteiger partial charge in [-0.1, -0.05) is 54.1 Å². The molecule has 1 aromatic heterocycles. The number of anilines is 1. The fraction of sp³-hybridized carbons (Fsp3) is 0.250. The van der Waals surface area contributed by atoms with Crippen molar-refractivity contribution in [3.05, 3.63) is 87.3 Å². The summed E-state index contributed by atoms with van der Waals surface area (Å²) in [6.07, 6.45) is 0.746. The molecular formula is C24H26N2O2S2. The molecule has 0 aliphatic rings. The van der Waals surface area contributed by atoms with Crippen molar-refractivity contribution in [2.24, 2.45) is 0 Å². The lowest BCUT2D eigenvalue weighted by atomic mass is 10.0. The topological polar surface area (TPSA) is 50.4 Å². The number of thiophene rings is 1. The summed E-state index contributed by atoms with van der Waals surface area (Å²) in [5.74, 6) is -0.376. The SMILES string of the molecule is COC(=O)c1cc(Cc2ccccc2)sc1NC(=S)NC(C)c1cc(C)ccc1C. The maximum atomic E-state index is 12.3. The number of thiocarbonyl (C=S) groups is 1. The number of ether oxygens (including phenoxy) is 1. The first kappa shape index (κ1) is 22.0. The van der Waals surface area contributed by atoms with E-state index in [1.54, 1.807) is 0 Å². The summed E-state index contributed by atoms with van der Waals surface area (Å²) >= 11 is 7.06. The molecule has 2 N–H and O–H groups in total. The van der Waals surface area contributed by atoms with Crippen molar-refractivity contribution >= 4 is 39.6 Å². The summed E-state index contributed by atoms with van der Waals surface area (Å²) in [6, 6.07) is 18.5. The van der Waals surface area contributed by atoms with Crippen LogP contribution in [-0.2, 0) is 11.2 Å². The number of hydrogen-bond donors (Lipinski definition) is 2. The Morgan fingerprint density at radius 3 is 2.57 bits per heavy atom. The third-order valence-electron chi connectivity index (χ3n) is 4.89. The molecule has 156 valence electrons. The summed E-state index contributed by atoms with van der Waals surface area (Å²) < 4.78 is 4.97. The van der Waals surface area contributed by atoms with Gasteiger partial charge in [0.2, 0.25) is 0 Å². The molecule has 1 atom stereocenters. The van der Waals surface area contributed by atoms with E-state index in [0.717, 1.165) is 11.3 Å². The molecule has 2 aromatic carbocycles. The second kappa shape index (κ2) is 9.87. The standard InChI is InChI=1S/C24H26N2O2S2/c1-15-10-11-16(2)20(12-15)17(3)25-24(29)26-22-21(23(27)28-4)14-19(30-22)13-18-8-6-5-7-9-18/h5-12,14,17H,13H2,1-4H3,(H2,25,26,29). The Hall–Kier alpha value is -2.70. The lowest BCUT2D eigenvalue weighted by molar-refractivity contribution is 0.0602. The minimum Gasteiger partial charge on any atom is -0.465 e. The average molecular weight is 439 g/mol. The zero-order valence-corrected chi connectivity index (χ0v) is 19.2. The number of hydrogen-bond acceptors (Lipinski definition) is 4. The number of nitrogens with one attached hydrogen (secondary N) is 2. The van der Waals surface area contributed by atoms with Gasteiger partial charge in [0.15, 0.2) is 5.11 Å². The highest BCUT2D eigenvalue weighted by atomic mass is 32.1. The predicted molar refractivity (Wildman–Crippen MR) is 129 cm³/mol. The van der Waals surface area contributed by atoms with Gasteiger partial charge in [0, 0.05) is 11.3 Å². The van der Waals surface area contributed by atoms with E-state index in [9.17, 15) is 4.79 Å². The second-order valence-electron chi connectivity index (χ2n) is 7.29. The molecule has 1 heterocycles. The van der Waals surface area contributed by atoms with Gasteiger partial charge in [-0.05, 0) is 55.7 Å². The van der Waals surface area contributed by atoms with Crippen molar-refractivity contribution in [2.75, 3.05) is 12.4 Å². The number of rotatable bonds is 6. The molecule has 1 unspecified atom stereocenters. The summed E-state index contributed by atoms with van der Waals surface area (Å²) in [6.45, 7) is 6.24. The van der Waals surface area contributed by atoms with E-state index < -0.39 is 0 Å². The Kier molecular flexibility index (Phi) is 7.24. The average Bonchev–Trinajstić information content (AvgIpc) is 3.11. The van der Waals surface area contributed by atoms with Gasteiger partial charge in [0.05, 0.1) is 18.7 Å². The van der Waals surface area contributed by atoms with Gasteiger partial charge in [-0.2, -0.15) is 0 Å². The molecule has 0 bridgehead atoms. The van der Waals surface area contributed by atoms with Crippen molar-refractivity contribution in [1.82, 2.24) is 5.32 Å². The van der Waals surface area contributed by atoms with E-state index in [0.29, 0.717) is 15.7 Å². The Balaban J connectivity index is 1.76. The van der Waals surface area contributed by atoms with E-state index in [1.807, 2.05) is 24.3 Å². The molecule has 0 radical (unpaired) electrons. The van der Waals surface area contributed by atoms with E-state index in [-0.39, 0.29) is 12.0 Å². The van der Waals surface area contributed by atoms with Crippen LogP contribution in [0.2, 0.25) is 0 Å². The molecular weight excluding hydrogens is 412 g/mol. The highest BCUT2D eigenvalue weighted by Crippen LogP contribution is 2.31. The molecule has 6 heteroatoms. The van der Waals surface area contributed by atoms with Crippen LogP contribution in [-0.4, -0.2) is 18.2 Å². The van der Waals surface area contributed by atoms with Gasteiger partial charge in [-0.25, -0.2) is 4.79 Å². The molecule has 0 spiro atoms. The van der Waals surface area contributed by atoms with Crippen LogP contribution >= 0.6 is 23.6 Å². The number of methoxy groups -OCH3 is 1. The van der Waals surface area contributed by atoms with Crippen LogP contribution in [0.5, 0.6) is 0 Å². The van der Waals surface area contributed by atoms with Crippen molar-refractivity contribution < 1.29 is 9.53 Å². The van der Waals surface area contributed by atoms with Crippen molar-refractivity contribution in [2.45, 2.75) is 33.2 Å². The predicted octanol–water partition coefficient (Wildman–Crippen LogP) is 5.79. The molecule has 0 saturated heterocycles. The lowest BCUT2D eigenvalue weighted by Crippen LogP contribution is -2.31. The van der Waals surface area contributed by atoms with Gasteiger partial charge < -0.3 is 15.4 Å². The first-order valence-corrected chi connectivity index (χ1v) is 11.0. The Labute approximate surface area is 187 Å². The van der Waals surface area contributed by atoms with Gasteiger partial charge in [-0.3, -0.25) is 0 Å². The maximum absolute atomic E-state index is 12.3. The molecule has 0 amide bonds. The highest BCUT2D eigenvalue weighted by Gasteiger charge is 2.19. The maximum Gasteiger partial charge on any atom is 0.340 e. The third kappa shape index (κ3) is 5.46. The highest BCUT2D eigenvalue weighted by molar-refractivity contribution is 7.80. The van der Waals surface area contributed by atoms with E-state index in [1.165, 1.54) is 40.7 Å². The number of carbonyl (C=O) groups excluding carboxylic acids is 1. The van der Waals surface area contributed by atoms with Gasteiger partial charge in [-0.15, -0.1) is 11.3 Å². The summed E-state index contributed by atoms with van der Waals surface area (Å²) in [5, 5.41) is 7.70. The van der Waals surface area contributed by atoms with Gasteiger partial charge in [0.25, 0.3) is 0 Å². The quantitative estimate of drug-likeness (QED) is 0.377. The fourth-order valence-corrected chi connectivity index (χ4v) is 4.75. The van der Waals surface area contributed by atoms with Gasteiger partial charge in [0.1, 0.15) is 5.00 Å². The van der Waals surface area contributed by atoms with E-state index in [2.05, 4.69) is 61.7 Å². The largest absolute Gasteiger partial charge is 0.465 e. The fourth-order valence-electron chi connectivity index (χ4n) is 3.32. The van der Waals surface area contributed by atoms with Crippen LogP contribution in [0.3, 0.4) is 0 Å².